The van der Waals surface area contributed by atoms with Crippen LogP contribution in [0.2, 0.25) is 0 Å². The molecule has 2 aliphatic rings. The summed E-state index contributed by atoms with van der Waals surface area (Å²) in [6.07, 6.45) is 7.38. The lowest BCUT2D eigenvalue weighted by Crippen LogP contribution is -2.32. The predicted molar refractivity (Wildman–Crippen MR) is 99.6 cm³/mol. The van der Waals surface area contributed by atoms with E-state index in [4.69, 9.17) is 0 Å². The second kappa shape index (κ2) is 7.02. The second-order valence-electron chi connectivity index (χ2n) is 7.25. The van der Waals surface area contributed by atoms with Crippen molar-refractivity contribution in [3.63, 3.8) is 0 Å². The number of hydrogen-bond acceptors (Lipinski definition) is 5. The maximum absolute atomic E-state index is 12.7. The number of aryl methyl sites for hydroxylation is 2. The molecule has 136 valence electrons. The summed E-state index contributed by atoms with van der Waals surface area (Å²) >= 11 is 0. The normalized spacial score (nSPS) is 22.7. The fourth-order valence-corrected chi connectivity index (χ4v) is 3.91. The maximum atomic E-state index is 12.7. The summed E-state index contributed by atoms with van der Waals surface area (Å²) in [5.74, 6) is 2.10. The van der Waals surface area contributed by atoms with E-state index in [1.54, 1.807) is 6.20 Å². The topological polar surface area (TPSA) is 71.0 Å². The van der Waals surface area contributed by atoms with E-state index in [1.807, 2.05) is 25.3 Å². The van der Waals surface area contributed by atoms with Crippen molar-refractivity contribution in [2.24, 2.45) is 5.92 Å². The molecule has 3 heterocycles. The van der Waals surface area contributed by atoms with Crippen LogP contribution in [0.4, 0.5) is 5.82 Å². The van der Waals surface area contributed by atoms with Crippen molar-refractivity contribution >= 4 is 11.7 Å². The standard InChI is InChI=1S/C20H25N5O/c1-3-16-10-18(24-13(2)23-16)22-12-15-9-19(26)25(17-6-7-17)20(15)14-5-4-8-21-11-14/h4-5,8,10-11,15,17,20H,3,6-7,9,12H2,1-2H3,(H,22,23,24)/t15-,20-/m0/s1. The van der Waals surface area contributed by atoms with Crippen LogP contribution in [-0.2, 0) is 11.2 Å². The van der Waals surface area contributed by atoms with Gasteiger partial charge in [0, 0.05) is 49.1 Å². The molecule has 2 aromatic heterocycles. The van der Waals surface area contributed by atoms with Gasteiger partial charge in [-0.3, -0.25) is 9.78 Å². The van der Waals surface area contributed by atoms with E-state index in [2.05, 4.69) is 38.2 Å². The Bertz CT molecular complexity index is 790. The summed E-state index contributed by atoms with van der Waals surface area (Å²) in [4.78, 5) is 28.0. The molecule has 1 amide bonds. The molecule has 6 nitrogen and oxygen atoms in total. The maximum Gasteiger partial charge on any atom is 0.223 e. The van der Waals surface area contributed by atoms with Crippen LogP contribution >= 0.6 is 0 Å². The lowest BCUT2D eigenvalue weighted by Gasteiger charge is -2.28. The minimum Gasteiger partial charge on any atom is -0.370 e. The molecule has 0 bridgehead atoms. The molecule has 2 atom stereocenters. The molecule has 0 radical (unpaired) electrons. The second-order valence-corrected chi connectivity index (χ2v) is 7.25. The molecule has 26 heavy (non-hydrogen) atoms. The van der Waals surface area contributed by atoms with E-state index in [-0.39, 0.29) is 17.9 Å². The summed E-state index contributed by atoms with van der Waals surface area (Å²) < 4.78 is 0. The van der Waals surface area contributed by atoms with Crippen molar-refractivity contribution in [2.75, 3.05) is 11.9 Å². The zero-order valence-electron chi connectivity index (χ0n) is 15.4. The fraction of sp³-hybridized carbons (Fsp3) is 0.500. The highest BCUT2D eigenvalue weighted by Gasteiger charge is 2.47. The van der Waals surface area contributed by atoms with Crippen LogP contribution in [0.3, 0.4) is 0 Å². The smallest absolute Gasteiger partial charge is 0.223 e. The third kappa shape index (κ3) is 3.41. The van der Waals surface area contributed by atoms with Crippen LogP contribution in [0.1, 0.15) is 49.3 Å². The number of amides is 1. The molecule has 1 N–H and O–H groups in total. The van der Waals surface area contributed by atoms with Crippen molar-refractivity contribution in [2.45, 2.75) is 51.6 Å². The van der Waals surface area contributed by atoms with E-state index >= 15 is 0 Å². The van der Waals surface area contributed by atoms with E-state index in [0.29, 0.717) is 19.0 Å². The van der Waals surface area contributed by atoms with E-state index in [9.17, 15) is 4.79 Å². The number of nitrogens with zero attached hydrogens (tertiary/aromatic N) is 4. The SMILES string of the molecule is CCc1cc(NC[C@@H]2CC(=O)N(C3CC3)[C@H]2c2cccnc2)nc(C)n1. The number of anilines is 1. The molecule has 0 unspecified atom stereocenters. The van der Waals surface area contributed by atoms with Crippen molar-refractivity contribution in [3.8, 4) is 0 Å². The Morgan fingerprint density at radius 1 is 1.31 bits per heavy atom. The van der Waals surface area contributed by atoms with Gasteiger partial charge in [-0.15, -0.1) is 0 Å². The third-order valence-electron chi connectivity index (χ3n) is 5.24. The van der Waals surface area contributed by atoms with Crippen molar-refractivity contribution in [3.05, 3.63) is 47.7 Å². The Morgan fingerprint density at radius 3 is 2.85 bits per heavy atom. The van der Waals surface area contributed by atoms with Crippen LogP contribution in [0.25, 0.3) is 0 Å². The highest BCUT2D eigenvalue weighted by atomic mass is 16.2. The van der Waals surface area contributed by atoms with Gasteiger partial charge in [-0.05, 0) is 37.8 Å². The van der Waals surface area contributed by atoms with Gasteiger partial charge in [0.2, 0.25) is 5.91 Å². The largest absolute Gasteiger partial charge is 0.370 e. The minimum absolute atomic E-state index is 0.102. The first-order valence-corrected chi connectivity index (χ1v) is 9.45. The molecule has 2 aromatic rings. The first-order chi connectivity index (χ1) is 12.7. The van der Waals surface area contributed by atoms with Crippen LogP contribution in [0.5, 0.6) is 0 Å². The Labute approximate surface area is 154 Å². The molecule has 1 saturated heterocycles. The molecule has 6 heteroatoms. The molecule has 2 fully saturated rings. The summed E-state index contributed by atoms with van der Waals surface area (Å²) in [5.41, 5.74) is 2.16. The Hall–Kier alpha value is -2.50. The van der Waals surface area contributed by atoms with Gasteiger partial charge in [-0.25, -0.2) is 9.97 Å². The first kappa shape index (κ1) is 16.9. The first-order valence-electron chi connectivity index (χ1n) is 9.45. The molecule has 1 aliphatic heterocycles. The summed E-state index contributed by atoms with van der Waals surface area (Å²) in [7, 11) is 0. The van der Waals surface area contributed by atoms with Crippen LogP contribution < -0.4 is 5.32 Å². The fourth-order valence-electron chi connectivity index (χ4n) is 3.91. The highest BCUT2D eigenvalue weighted by molar-refractivity contribution is 5.80. The molecule has 1 aliphatic carbocycles. The number of rotatable bonds is 6. The zero-order chi connectivity index (χ0) is 18.1. The number of aromatic nitrogens is 3. The molecule has 4 rings (SSSR count). The molecule has 1 saturated carbocycles. The number of carbonyl (C=O) groups is 1. The Balaban J connectivity index is 1.54. The highest BCUT2D eigenvalue weighted by Crippen LogP contribution is 2.44. The summed E-state index contributed by atoms with van der Waals surface area (Å²) in [5, 5.41) is 3.45. The van der Waals surface area contributed by atoms with Gasteiger partial charge < -0.3 is 10.2 Å². The van der Waals surface area contributed by atoms with Gasteiger partial charge in [0.15, 0.2) is 0 Å². The molecule has 0 spiro atoms. The Kier molecular flexibility index (Phi) is 4.57. The van der Waals surface area contributed by atoms with Gasteiger partial charge in [-0.1, -0.05) is 13.0 Å². The number of carbonyl (C=O) groups excluding carboxylic acids is 1. The number of pyridine rings is 1. The van der Waals surface area contributed by atoms with Gasteiger partial charge in [0.25, 0.3) is 0 Å². The monoisotopic (exact) mass is 351 g/mol. The third-order valence-corrected chi connectivity index (χ3v) is 5.24. The minimum atomic E-state index is 0.102. The molecule has 0 aromatic carbocycles. The number of likely N-dealkylation sites (tertiary alicyclic amines) is 1. The zero-order valence-corrected chi connectivity index (χ0v) is 15.4. The molecular formula is C20H25N5O. The van der Waals surface area contributed by atoms with Crippen LogP contribution in [0.15, 0.2) is 30.6 Å². The quantitative estimate of drug-likeness (QED) is 0.866. The molecular weight excluding hydrogens is 326 g/mol. The lowest BCUT2D eigenvalue weighted by atomic mass is 9.94. The summed E-state index contributed by atoms with van der Waals surface area (Å²) in [6, 6.07) is 6.55. The average Bonchev–Trinajstić information content (AvgIpc) is 3.43. The van der Waals surface area contributed by atoms with Crippen molar-refractivity contribution in [1.82, 2.24) is 19.9 Å². The number of hydrogen-bond donors (Lipinski definition) is 1. The Morgan fingerprint density at radius 2 is 2.15 bits per heavy atom. The van der Waals surface area contributed by atoms with Crippen molar-refractivity contribution in [1.29, 1.82) is 0 Å². The predicted octanol–water partition coefficient (Wildman–Crippen LogP) is 2.91. The van der Waals surface area contributed by atoms with Gasteiger partial charge >= 0.3 is 0 Å². The van der Waals surface area contributed by atoms with Crippen LogP contribution in [-0.4, -0.2) is 38.3 Å². The van der Waals surface area contributed by atoms with E-state index in [1.165, 1.54) is 0 Å². The van der Waals surface area contributed by atoms with Gasteiger partial charge in [-0.2, -0.15) is 0 Å². The van der Waals surface area contributed by atoms with Crippen LogP contribution in [0, 0.1) is 12.8 Å². The summed E-state index contributed by atoms with van der Waals surface area (Å²) in [6.45, 7) is 4.72. The average molecular weight is 351 g/mol. The number of nitrogens with one attached hydrogen (secondary N) is 1. The van der Waals surface area contributed by atoms with E-state index in [0.717, 1.165) is 42.2 Å². The van der Waals surface area contributed by atoms with Crippen molar-refractivity contribution < 1.29 is 4.79 Å². The lowest BCUT2D eigenvalue weighted by molar-refractivity contribution is -0.129. The van der Waals surface area contributed by atoms with Gasteiger partial charge in [0.05, 0.1) is 6.04 Å². The van der Waals surface area contributed by atoms with E-state index < -0.39 is 0 Å². The van der Waals surface area contributed by atoms with Gasteiger partial charge in [0.1, 0.15) is 11.6 Å².